The van der Waals surface area contributed by atoms with Crippen LogP contribution in [0, 0.1) is 11.3 Å². The molecular formula is C43H23N5. The lowest BCUT2D eigenvalue weighted by atomic mass is 10.0. The second kappa shape index (κ2) is 9.16. The van der Waals surface area contributed by atoms with Crippen LogP contribution >= 0.6 is 0 Å². The van der Waals surface area contributed by atoms with Gasteiger partial charge in [-0.05, 0) is 59.3 Å². The molecule has 0 aliphatic carbocycles. The van der Waals surface area contributed by atoms with E-state index in [-0.39, 0.29) is 0 Å². The van der Waals surface area contributed by atoms with E-state index in [2.05, 4.69) is 112 Å². The highest BCUT2D eigenvalue weighted by atomic mass is 15.2. The molecule has 0 aliphatic rings. The van der Waals surface area contributed by atoms with E-state index in [4.69, 9.17) is 9.97 Å². The van der Waals surface area contributed by atoms with Gasteiger partial charge in [-0.15, -0.1) is 0 Å². The topological polar surface area (TPSA) is 58.9 Å². The molecule has 5 heteroatoms. The molecule has 0 N–H and O–H groups in total. The first-order valence-corrected chi connectivity index (χ1v) is 16.1. The van der Waals surface area contributed by atoms with Crippen molar-refractivity contribution in [3.8, 4) is 23.3 Å². The lowest BCUT2D eigenvalue weighted by molar-refractivity contribution is 1.01. The van der Waals surface area contributed by atoms with Gasteiger partial charge in [0.1, 0.15) is 0 Å². The summed E-state index contributed by atoms with van der Waals surface area (Å²) < 4.78 is 4.70. The zero-order chi connectivity index (χ0) is 31.5. The Hall–Kier alpha value is -6.77. The number of hydrogen-bond donors (Lipinski definition) is 0. The summed E-state index contributed by atoms with van der Waals surface area (Å²) in [6.45, 7) is 0. The molecule has 0 amide bonds. The highest BCUT2D eigenvalue weighted by Crippen LogP contribution is 2.47. The van der Waals surface area contributed by atoms with E-state index < -0.39 is 0 Å². The molecule has 0 unspecified atom stereocenters. The Bertz CT molecular complexity index is 3170. The van der Waals surface area contributed by atoms with Gasteiger partial charge in [0.05, 0.1) is 50.4 Å². The summed E-state index contributed by atoms with van der Waals surface area (Å²) in [5.41, 5.74) is 9.06. The van der Waals surface area contributed by atoms with Crippen molar-refractivity contribution in [2.45, 2.75) is 0 Å². The minimum Gasteiger partial charge on any atom is -0.308 e. The maximum absolute atomic E-state index is 9.45. The van der Waals surface area contributed by atoms with Crippen LogP contribution in [0.1, 0.15) is 5.56 Å². The number of benzene rings is 7. The van der Waals surface area contributed by atoms with Gasteiger partial charge in [-0.25, -0.2) is 9.97 Å². The SMILES string of the molecule is N#Cc1ccc(-c2nc(-n3c4ccccc4c4c5c6cc7ccccc7cc6n6c7ccccc7c(cc43)c56)nc3ccccc23)cc1. The second-order valence-corrected chi connectivity index (χ2v) is 12.5. The van der Waals surface area contributed by atoms with E-state index >= 15 is 0 Å². The molecule has 0 fully saturated rings. The van der Waals surface area contributed by atoms with Gasteiger partial charge in [-0.2, -0.15) is 5.26 Å². The van der Waals surface area contributed by atoms with Crippen LogP contribution in [-0.4, -0.2) is 18.9 Å². The predicted molar refractivity (Wildman–Crippen MR) is 196 cm³/mol. The molecule has 0 spiro atoms. The number of aromatic nitrogens is 4. The van der Waals surface area contributed by atoms with E-state index in [1.54, 1.807) is 0 Å². The fourth-order valence-electron chi connectivity index (χ4n) is 8.00. The molecular weight excluding hydrogens is 587 g/mol. The van der Waals surface area contributed by atoms with Gasteiger partial charge < -0.3 is 4.40 Å². The maximum Gasteiger partial charge on any atom is 0.235 e. The number of nitriles is 1. The summed E-state index contributed by atoms with van der Waals surface area (Å²) >= 11 is 0. The molecule has 5 nitrogen and oxygen atoms in total. The monoisotopic (exact) mass is 609 g/mol. The summed E-state index contributed by atoms with van der Waals surface area (Å²) in [6, 6.07) is 51.1. The second-order valence-electron chi connectivity index (χ2n) is 12.5. The van der Waals surface area contributed by atoms with Crippen molar-refractivity contribution >= 4 is 81.6 Å². The quantitative estimate of drug-likeness (QED) is 0.196. The van der Waals surface area contributed by atoms with E-state index in [0.717, 1.165) is 33.2 Å². The lowest BCUT2D eigenvalue weighted by Crippen LogP contribution is -2.03. The average molecular weight is 610 g/mol. The van der Waals surface area contributed by atoms with Gasteiger partial charge in [0, 0.05) is 43.3 Å². The minimum absolute atomic E-state index is 0.617. The summed E-state index contributed by atoms with van der Waals surface area (Å²) in [4.78, 5) is 10.5. The average Bonchev–Trinajstić information content (AvgIpc) is 3.77. The van der Waals surface area contributed by atoms with Gasteiger partial charge >= 0.3 is 0 Å². The number of para-hydroxylation sites is 3. The molecule has 11 rings (SSSR count). The molecule has 0 aliphatic heterocycles. The molecule has 7 aromatic carbocycles. The van der Waals surface area contributed by atoms with Crippen LogP contribution in [0.25, 0.3) is 98.8 Å². The van der Waals surface area contributed by atoms with Crippen LogP contribution in [-0.2, 0) is 0 Å². The van der Waals surface area contributed by atoms with Crippen LogP contribution in [0.3, 0.4) is 0 Å². The Morgan fingerprint density at radius 2 is 1.19 bits per heavy atom. The molecule has 0 saturated heterocycles. The third kappa shape index (κ3) is 3.23. The van der Waals surface area contributed by atoms with Crippen molar-refractivity contribution < 1.29 is 0 Å². The Balaban J connectivity index is 1.35. The van der Waals surface area contributed by atoms with E-state index in [0.29, 0.717) is 11.5 Å². The molecule has 220 valence electrons. The first-order valence-electron chi connectivity index (χ1n) is 16.1. The van der Waals surface area contributed by atoms with E-state index in [1.807, 2.05) is 42.5 Å². The smallest absolute Gasteiger partial charge is 0.235 e. The molecule has 0 saturated carbocycles. The highest BCUT2D eigenvalue weighted by Gasteiger charge is 2.25. The van der Waals surface area contributed by atoms with Gasteiger partial charge in [-0.1, -0.05) is 91.0 Å². The Labute approximate surface area is 273 Å². The predicted octanol–water partition coefficient (Wildman–Crippen LogP) is 10.6. The van der Waals surface area contributed by atoms with Crippen molar-refractivity contribution in [2.75, 3.05) is 0 Å². The molecule has 4 aromatic heterocycles. The van der Waals surface area contributed by atoms with E-state index in [1.165, 1.54) is 59.6 Å². The molecule has 4 heterocycles. The summed E-state index contributed by atoms with van der Waals surface area (Å²) in [7, 11) is 0. The van der Waals surface area contributed by atoms with Crippen LogP contribution in [0.4, 0.5) is 0 Å². The summed E-state index contributed by atoms with van der Waals surface area (Å²) in [6.07, 6.45) is 0. The standard InChI is InChI=1S/C43H23N5/c44-24-25-17-19-26(20-18-25)41-30-12-3-6-14-34(30)45-43(46-41)48-36-16-8-5-13-31(36)39-38(48)23-32-29-11-4-7-15-35(29)47-37-22-28-10-2-1-9-27(28)21-33(37)40(39)42(32)47/h1-23H. The van der Waals surface area contributed by atoms with Gasteiger partial charge in [0.2, 0.25) is 5.95 Å². The van der Waals surface area contributed by atoms with Crippen LogP contribution in [0.5, 0.6) is 0 Å². The molecule has 11 aromatic rings. The normalized spacial score (nSPS) is 12.1. The van der Waals surface area contributed by atoms with Gasteiger partial charge in [-0.3, -0.25) is 4.57 Å². The first-order chi connectivity index (χ1) is 23.8. The third-order valence-electron chi connectivity index (χ3n) is 10.0. The van der Waals surface area contributed by atoms with Gasteiger partial charge in [0.15, 0.2) is 0 Å². The minimum atomic E-state index is 0.617. The fourth-order valence-corrected chi connectivity index (χ4v) is 8.00. The summed E-state index contributed by atoms with van der Waals surface area (Å²) in [5.74, 6) is 0.617. The third-order valence-corrected chi connectivity index (χ3v) is 10.0. The Morgan fingerprint density at radius 3 is 2.00 bits per heavy atom. The Morgan fingerprint density at radius 1 is 0.500 bits per heavy atom. The largest absolute Gasteiger partial charge is 0.308 e. The number of fused-ring (bicyclic) bond motifs is 12. The van der Waals surface area contributed by atoms with Crippen molar-refractivity contribution in [2.24, 2.45) is 0 Å². The Kier molecular flexibility index (Phi) is 4.85. The summed E-state index contributed by atoms with van der Waals surface area (Å²) in [5, 5.41) is 20.2. The van der Waals surface area contributed by atoms with Crippen LogP contribution in [0.15, 0.2) is 140 Å². The number of rotatable bonds is 2. The van der Waals surface area contributed by atoms with Crippen molar-refractivity contribution in [3.63, 3.8) is 0 Å². The zero-order valence-corrected chi connectivity index (χ0v) is 25.5. The van der Waals surface area contributed by atoms with Crippen molar-refractivity contribution in [1.29, 1.82) is 5.26 Å². The fraction of sp³-hybridized carbons (Fsp3) is 0. The highest BCUT2D eigenvalue weighted by molar-refractivity contribution is 6.36. The van der Waals surface area contributed by atoms with Crippen LogP contribution < -0.4 is 0 Å². The maximum atomic E-state index is 9.45. The first kappa shape index (κ1) is 25.4. The number of hydrogen-bond acceptors (Lipinski definition) is 3. The van der Waals surface area contributed by atoms with Gasteiger partial charge in [0.25, 0.3) is 0 Å². The van der Waals surface area contributed by atoms with Crippen molar-refractivity contribution in [1.82, 2.24) is 18.9 Å². The molecule has 0 bridgehead atoms. The lowest BCUT2D eigenvalue weighted by Gasteiger charge is -2.12. The number of nitrogens with zero attached hydrogens (tertiary/aromatic N) is 5. The van der Waals surface area contributed by atoms with E-state index in [9.17, 15) is 5.26 Å². The molecule has 0 atom stereocenters. The molecule has 0 radical (unpaired) electrons. The molecule has 48 heavy (non-hydrogen) atoms. The zero-order valence-electron chi connectivity index (χ0n) is 25.5. The van der Waals surface area contributed by atoms with Crippen LogP contribution in [0.2, 0.25) is 0 Å². The van der Waals surface area contributed by atoms with Crippen molar-refractivity contribution in [3.05, 3.63) is 145 Å².